The van der Waals surface area contributed by atoms with Crippen molar-refractivity contribution in [2.45, 2.75) is 25.9 Å². The molecule has 1 aliphatic heterocycles. The second-order valence-electron chi connectivity index (χ2n) is 4.42. The van der Waals surface area contributed by atoms with Crippen LogP contribution in [0.5, 0.6) is 0 Å². The SMILES string of the molecule is CCN(CC1CCCO1)c1cc(N)cc(F)c1. The van der Waals surface area contributed by atoms with Crippen molar-refractivity contribution in [3.05, 3.63) is 24.0 Å². The average Bonchev–Trinajstić information content (AvgIpc) is 2.77. The maximum absolute atomic E-state index is 13.3. The fourth-order valence-electron chi connectivity index (χ4n) is 2.23. The lowest BCUT2D eigenvalue weighted by atomic mass is 10.2. The van der Waals surface area contributed by atoms with E-state index < -0.39 is 0 Å². The zero-order valence-electron chi connectivity index (χ0n) is 10.2. The van der Waals surface area contributed by atoms with E-state index in [0.717, 1.165) is 38.2 Å². The molecule has 2 N–H and O–H groups in total. The van der Waals surface area contributed by atoms with Crippen LogP contribution in [-0.2, 0) is 4.74 Å². The number of rotatable bonds is 4. The molecule has 0 aliphatic carbocycles. The van der Waals surface area contributed by atoms with Crippen LogP contribution < -0.4 is 10.6 Å². The Morgan fingerprint density at radius 1 is 1.47 bits per heavy atom. The number of likely N-dealkylation sites (N-methyl/N-ethyl adjacent to an activating group) is 1. The van der Waals surface area contributed by atoms with Crippen molar-refractivity contribution in [3.63, 3.8) is 0 Å². The molecule has 1 atom stereocenters. The number of nitrogen functional groups attached to an aromatic ring is 1. The first kappa shape index (κ1) is 12.2. The number of halogens is 1. The van der Waals surface area contributed by atoms with Crippen molar-refractivity contribution in [2.24, 2.45) is 0 Å². The highest BCUT2D eigenvalue weighted by atomic mass is 19.1. The van der Waals surface area contributed by atoms with Gasteiger partial charge < -0.3 is 15.4 Å². The van der Waals surface area contributed by atoms with Crippen LogP contribution in [0.15, 0.2) is 18.2 Å². The van der Waals surface area contributed by atoms with Crippen LogP contribution in [0.1, 0.15) is 19.8 Å². The summed E-state index contributed by atoms with van der Waals surface area (Å²) < 4.78 is 18.9. The summed E-state index contributed by atoms with van der Waals surface area (Å²) in [5.41, 5.74) is 6.96. The molecule has 0 spiro atoms. The van der Waals surface area contributed by atoms with Gasteiger partial charge >= 0.3 is 0 Å². The third-order valence-electron chi connectivity index (χ3n) is 3.10. The van der Waals surface area contributed by atoms with E-state index in [0.29, 0.717) is 5.69 Å². The van der Waals surface area contributed by atoms with Gasteiger partial charge in [-0.05, 0) is 38.0 Å². The fourth-order valence-corrected chi connectivity index (χ4v) is 2.23. The summed E-state index contributed by atoms with van der Waals surface area (Å²) in [6.07, 6.45) is 2.47. The Morgan fingerprint density at radius 3 is 2.88 bits per heavy atom. The van der Waals surface area contributed by atoms with Crippen LogP contribution in [0.3, 0.4) is 0 Å². The lowest BCUT2D eigenvalue weighted by Gasteiger charge is -2.26. The molecule has 94 valence electrons. The zero-order valence-corrected chi connectivity index (χ0v) is 10.2. The molecular formula is C13H19FN2O. The summed E-state index contributed by atoms with van der Waals surface area (Å²) >= 11 is 0. The highest BCUT2D eigenvalue weighted by Gasteiger charge is 2.19. The van der Waals surface area contributed by atoms with Crippen molar-refractivity contribution in [3.8, 4) is 0 Å². The highest BCUT2D eigenvalue weighted by molar-refractivity contribution is 5.56. The highest BCUT2D eigenvalue weighted by Crippen LogP contribution is 2.22. The Kier molecular flexibility index (Phi) is 3.84. The molecule has 3 nitrogen and oxygen atoms in total. The average molecular weight is 238 g/mol. The summed E-state index contributed by atoms with van der Waals surface area (Å²) in [5, 5.41) is 0. The molecule has 2 rings (SSSR count). The molecule has 17 heavy (non-hydrogen) atoms. The van der Waals surface area contributed by atoms with E-state index in [1.54, 1.807) is 0 Å². The Hall–Kier alpha value is -1.29. The minimum atomic E-state index is -0.286. The summed E-state index contributed by atoms with van der Waals surface area (Å²) in [5.74, 6) is -0.286. The largest absolute Gasteiger partial charge is 0.399 e. The van der Waals surface area contributed by atoms with Crippen molar-refractivity contribution in [2.75, 3.05) is 30.3 Å². The predicted molar refractivity (Wildman–Crippen MR) is 67.7 cm³/mol. The van der Waals surface area contributed by atoms with Crippen molar-refractivity contribution >= 4 is 11.4 Å². The second kappa shape index (κ2) is 5.36. The first-order valence-electron chi connectivity index (χ1n) is 6.11. The van der Waals surface area contributed by atoms with Gasteiger partial charge in [0, 0.05) is 31.1 Å². The van der Waals surface area contributed by atoms with Crippen LogP contribution in [0.4, 0.5) is 15.8 Å². The molecule has 4 heteroatoms. The minimum absolute atomic E-state index is 0.263. The van der Waals surface area contributed by atoms with Gasteiger partial charge in [-0.3, -0.25) is 0 Å². The lowest BCUT2D eigenvalue weighted by Crippen LogP contribution is -2.32. The van der Waals surface area contributed by atoms with E-state index in [4.69, 9.17) is 10.5 Å². The van der Waals surface area contributed by atoms with Gasteiger partial charge in [-0.2, -0.15) is 0 Å². The summed E-state index contributed by atoms with van der Waals surface area (Å²) in [6, 6.07) is 4.67. The van der Waals surface area contributed by atoms with Gasteiger partial charge in [0.2, 0.25) is 0 Å². The number of hydrogen-bond donors (Lipinski definition) is 1. The zero-order chi connectivity index (χ0) is 12.3. The quantitative estimate of drug-likeness (QED) is 0.819. The molecular weight excluding hydrogens is 219 g/mol. The van der Waals surface area contributed by atoms with Gasteiger partial charge in [0.05, 0.1) is 6.10 Å². The second-order valence-corrected chi connectivity index (χ2v) is 4.42. The molecule has 1 unspecified atom stereocenters. The van der Waals surface area contributed by atoms with E-state index in [1.807, 2.05) is 6.07 Å². The normalized spacial score (nSPS) is 19.5. The molecule has 1 aromatic rings. The maximum atomic E-state index is 13.3. The third-order valence-corrected chi connectivity index (χ3v) is 3.10. The molecule has 1 heterocycles. The van der Waals surface area contributed by atoms with Crippen molar-refractivity contribution < 1.29 is 9.13 Å². The van der Waals surface area contributed by atoms with Crippen LogP contribution >= 0.6 is 0 Å². The number of nitrogens with zero attached hydrogens (tertiary/aromatic N) is 1. The topological polar surface area (TPSA) is 38.5 Å². The fraction of sp³-hybridized carbons (Fsp3) is 0.538. The number of hydrogen-bond acceptors (Lipinski definition) is 3. The Bertz CT molecular complexity index is 357. The smallest absolute Gasteiger partial charge is 0.127 e. The number of ether oxygens (including phenoxy) is 1. The summed E-state index contributed by atoms with van der Waals surface area (Å²) in [6.45, 7) is 4.52. The molecule has 1 saturated heterocycles. The van der Waals surface area contributed by atoms with E-state index >= 15 is 0 Å². The van der Waals surface area contributed by atoms with Gasteiger partial charge in [0.15, 0.2) is 0 Å². The van der Waals surface area contributed by atoms with E-state index in [9.17, 15) is 4.39 Å². The van der Waals surface area contributed by atoms with Crippen molar-refractivity contribution in [1.82, 2.24) is 0 Å². The summed E-state index contributed by atoms with van der Waals surface area (Å²) in [4.78, 5) is 2.11. The Labute approximate surface area is 101 Å². The molecule has 0 bridgehead atoms. The number of anilines is 2. The third kappa shape index (κ3) is 3.09. The lowest BCUT2D eigenvalue weighted by molar-refractivity contribution is 0.115. The molecule has 1 aliphatic rings. The van der Waals surface area contributed by atoms with E-state index in [2.05, 4.69) is 11.8 Å². The first-order valence-corrected chi connectivity index (χ1v) is 6.11. The number of nitrogens with two attached hydrogens (primary N) is 1. The minimum Gasteiger partial charge on any atom is -0.399 e. The van der Waals surface area contributed by atoms with Crippen molar-refractivity contribution in [1.29, 1.82) is 0 Å². The molecule has 0 aromatic heterocycles. The van der Waals surface area contributed by atoms with Gasteiger partial charge in [0.1, 0.15) is 5.82 Å². The first-order chi connectivity index (χ1) is 8.19. The molecule has 1 aromatic carbocycles. The number of benzene rings is 1. The molecule has 1 fully saturated rings. The molecule has 0 radical (unpaired) electrons. The van der Waals surface area contributed by atoms with Crippen LogP contribution in [0.2, 0.25) is 0 Å². The Balaban J connectivity index is 2.10. The monoisotopic (exact) mass is 238 g/mol. The van der Waals surface area contributed by atoms with E-state index in [-0.39, 0.29) is 11.9 Å². The Morgan fingerprint density at radius 2 is 2.29 bits per heavy atom. The van der Waals surface area contributed by atoms with Gasteiger partial charge in [-0.1, -0.05) is 0 Å². The van der Waals surface area contributed by atoms with Crippen LogP contribution in [-0.4, -0.2) is 25.8 Å². The van der Waals surface area contributed by atoms with Gasteiger partial charge in [0.25, 0.3) is 0 Å². The molecule has 0 amide bonds. The standard InChI is InChI=1S/C13H19FN2O/c1-2-16(9-13-4-3-5-17-13)12-7-10(14)6-11(15)8-12/h6-8,13H,2-5,9,15H2,1H3. The summed E-state index contributed by atoms with van der Waals surface area (Å²) in [7, 11) is 0. The van der Waals surface area contributed by atoms with Gasteiger partial charge in [-0.25, -0.2) is 4.39 Å². The van der Waals surface area contributed by atoms with E-state index in [1.165, 1.54) is 12.1 Å². The van der Waals surface area contributed by atoms with Crippen LogP contribution in [0.25, 0.3) is 0 Å². The van der Waals surface area contributed by atoms with Crippen LogP contribution in [0, 0.1) is 5.82 Å². The predicted octanol–water partition coefficient (Wildman–Crippen LogP) is 2.41. The maximum Gasteiger partial charge on any atom is 0.127 e. The molecule has 0 saturated carbocycles. The van der Waals surface area contributed by atoms with Gasteiger partial charge in [-0.15, -0.1) is 0 Å².